The second kappa shape index (κ2) is 5.72. The first kappa shape index (κ1) is 14.0. The molecule has 0 amide bonds. The summed E-state index contributed by atoms with van der Waals surface area (Å²) < 4.78 is 14.3. The van der Waals surface area contributed by atoms with Crippen molar-refractivity contribution in [2.75, 3.05) is 5.73 Å². The van der Waals surface area contributed by atoms with E-state index in [9.17, 15) is 9.18 Å². The van der Waals surface area contributed by atoms with Crippen molar-refractivity contribution < 1.29 is 9.18 Å². The average molecular weight is 343 g/mol. The third-order valence-electron chi connectivity index (χ3n) is 2.66. The van der Waals surface area contributed by atoms with Crippen LogP contribution in [0, 0.1) is 5.82 Å². The molecule has 0 aliphatic carbocycles. The fourth-order valence-corrected chi connectivity index (χ4v) is 2.32. The lowest BCUT2D eigenvalue weighted by atomic mass is 10.0. The molecule has 0 heterocycles. The second-order valence-corrected chi connectivity index (χ2v) is 5.37. The van der Waals surface area contributed by atoms with Gasteiger partial charge >= 0.3 is 0 Å². The molecule has 2 aromatic rings. The van der Waals surface area contributed by atoms with Gasteiger partial charge in [-0.3, -0.25) is 4.79 Å². The van der Waals surface area contributed by atoms with Crippen molar-refractivity contribution >= 4 is 39.0 Å². The summed E-state index contributed by atoms with van der Waals surface area (Å²) in [5.41, 5.74) is 6.88. The molecule has 0 saturated carbocycles. The lowest BCUT2D eigenvalue weighted by Gasteiger charge is -2.06. The fourth-order valence-electron chi connectivity index (χ4n) is 1.69. The maximum absolute atomic E-state index is 13.6. The first-order valence-corrected chi connectivity index (χ1v) is 6.66. The van der Waals surface area contributed by atoms with E-state index in [0.29, 0.717) is 26.3 Å². The standard InChI is InChI=1S/C14H10BrClFNO/c15-12-4-3-10(18)7-11(12)14(19)5-8-1-2-9(16)6-13(8)17/h1-4,6-7H,5,18H2. The molecule has 2 aromatic carbocycles. The van der Waals surface area contributed by atoms with E-state index < -0.39 is 5.82 Å². The number of rotatable bonds is 3. The highest BCUT2D eigenvalue weighted by molar-refractivity contribution is 9.10. The van der Waals surface area contributed by atoms with E-state index in [1.807, 2.05) is 0 Å². The van der Waals surface area contributed by atoms with Crippen LogP contribution in [0.2, 0.25) is 5.02 Å². The Bertz CT molecular complexity index is 645. The maximum atomic E-state index is 13.6. The number of carbonyl (C=O) groups is 1. The Kier molecular flexibility index (Phi) is 4.22. The Morgan fingerprint density at radius 1 is 1.26 bits per heavy atom. The third-order valence-corrected chi connectivity index (χ3v) is 3.58. The second-order valence-electron chi connectivity index (χ2n) is 4.07. The van der Waals surface area contributed by atoms with Crippen LogP contribution < -0.4 is 5.73 Å². The minimum absolute atomic E-state index is 0.0367. The predicted octanol–water partition coefficient (Wildman–Crippen LogP) is 4.25. The molecule has 2 nitrogen and oxygen atoms in total. The molecule has 98 valence electrons. The molecule has 0 aromatic heterocycles. The highest BCUT2D eigenvalue weighted by Crippen LogP contribution is 2.22. The quantitative estimate of drug-likeness (QED) is 0.669. The molecule has 5 heteroatoms. The molecule has 2 rings (SSSR count). The smallest absolute Gasteiger partial charge is 0.168 e. The molecule has 0 fully saturated rings. The maximum Gasteiger partial charge on any atom is 0.168 e. The van der Waals surface area contributed by atoms with Gasteiger partial charge in [0, 0.05) is 27.2 Å². The summed E-state index contributed by atoms with van der Waals surface area (Å²) in [5.74, 6) is -0.693. The summed E-state index contributed by atoms with van der Waals surface area (Å²) in [4.78, 5) is 12.1. The number of Topliss-reactive ketones (excluding diaryl/α,β-unsaturated/α-hetero) is 1. The summed E-state index contributed by atoms with van der Waals surface area (Å²) in [6.45, 7) is 0. The van der Waals surface area contributed by atoms with E-state index in [2.05, 4.69) is 15.9 Å². The van der Waals surface area contributed by atoms with Crippen LogP contribution >= 0.6 is 27.5 Å². The van der Waals surface area contributed by atoms with Crippen LogP contribution in [0.5, 0.6) is 0 Å². The largest absolute Gasteiger partial charge is 0.399 e. The Morgan fingerprint density at radius 2 is 2.00 bits per heavy atom. The minimum atomic E-state index is -0.485. The fraction of sp³-hybridized carbons (Fsp3) is 0.0714. The number of hydrogen-bond donors (Lipinski definition) is 1. The van der Waals surface area contributed by atoms with Gasteiger partial charge < -0.3 is 5.73 Å². The summed E-state index contributed by atoms with van der Waals surface area (Å²) in [5, 5.41) is 0.304. The van der Waals surface area contributed by atoms with Crippen LogP contribution in [0.15, 0.2) is 40.9 Å². The first-order chi connectivity index (χ1) is 8.97. The number of carbonyl (C=O) groups excluding carboxylic acids is 1. The summed E-state index contributed by atoms with van der Waals surface area (Å²) >= 11 is 8.95. The van der Waals surface area contributed by atoms with Gasteiger partial charge in [0.15, 0.2) is 5.78 Å². The number of ketones is 1. The first-order valence-electron chi connectivity index (χ1n) is 5.49. The van der Waals surface area contributed by atoms with Gasteiger partial charge in [0.05, 0.1) is 0 Å². The number of hydrogen-bond acceptors (Lipinski definition) is 2. The van der Waals surface area contributed by atoms with Crippen molar-refractivity contribution in [2.24, 2.45) is 0 Å². The van der Waals surface area contributed by atoms with Crippen LogP contribution in [-0.2, 0) is 6.42 Å². The Hall–Kier alpha value is -1.39. The van der Waals surface area contributed by atoms with Crippen molar-refractivity contribution in [1.82, 2.24) is 0 Å². The normalized spacial score (nSPS) is 10.5. The van der Waals surface area contributed by atoms with Gasteiger partial charge in [0.2, 0.25) is 0 Å². The molecule has 19 heavy (non-hydrogen) atoms. The predicted molar refractivity (Wildman–Crippen MR) is 78.0 cm³/mol. The van der Waals surface area contributed by atoms with Gasteiger partial charge in [-0.2, -0.15) is 0 Å². The third kappa shape index (κ3) is 3.33. The highest BCUT2D eigenvalue weighted by Gasteiger charge is 2.14. The number of nitrogens with two attached hydrogens (primary N) is 1. The number of anilines is 1. The molecule has 0 aliphatic rings. The van der Waals surface area contributed by atoms with Crippen molar-refractivity contribution in [1.29, 1.82) is 0 Å². The van der Waals surface area contributed by atoms with Gasteiger partial charge in [0.1, 0.15) is 5.82 Å². The van der Waals surface area contributed by atoms with Crippen molar-refractivity contribution in [3.8, 4) is 0 Å². The van der Waals surface area contributed by atoms with E-state index in [4.69, 9.17) is 17.3 Å². The van der Waals surface area contributed by atoms with Gasteiger partial charge in [-0.15, -0.1) is 0 Å². The molecule has 0 spiro atoms. The molecule has 0 bridgehead atoms. The topological polar surface area (TPSA) is 43.1 Å². The van der Waals surface area contributed by atoms with Crippen LogP contribution in [0.25, 0.3) is 0 Å². The lowest BCUT2D eigenvalue weighted by Crippen LogP contribution is -2.06. The van der Waals surface area contributed by atoms with E-state index in [1.54, 1.807) is 24.3 Å². The van der Waals surface area contributed by atoms with E-state index in [1.165, 1.54) is 12.1 Å². The summed E-state index contributed by atoms with van der Waals surface area (Å²) in [6, 6.07) is 9.21. The number of halogens is 3. The van der Waals surface area contributed by atoms with Crippen molar-refractivity contribution in [3.63, 3.8) is 0 Å². The summed E-state index contributed by atoms with van der Waals surface area (Å²) in [7, 11) is 0. The molecule has 0 atom stereocenters. The molecule has 2 N–H and O–H groups in total. The van der Waals surface area contributed by atoms with Gasteiger partial charge in [0.25, 0.3) is 0 Å². The van der Waals surface area contributed by atoms with E-state index >= 15 is 0 Å². The lowest BCUT2D eigenvalue weighted by molar-refractivity contribution is 0.0991. The molecule has 0 unspecified atom stereocenters. The van der Waals surface area contributed by atoms with Gasteiger partial charge in [-0.25, -0.2) is 4.39 Å². The van der Waals surface area contributed by atoms with Crippen LogP contribution in [0.3, 0.4) is 0 Å². The summed E-state index contributed by atoms with van der Waals surface area (Å²) in [6.07, 6.45) is -0.0367. The van der Waals surface area contributed by atoms with Crippen LogP contribution in [0.1, 0.15) is 15.9 Å². The molecule has 0 saturated heterocycles. The Morgan fingerprint density at radius 3 is 2.68 bits per heavy atom. The molecular formula is C14H10BrClFNO. The molecule has 0 radical (unpaired) electrons. The van der Waals surface area contributed by atoms with Crippen molar-refractivity contribution in [3.05, 3.63) is 62.8 Å². The zero-order valence-electron chi connectivity index (χ0n) is 9.79. The van der Waals surface area contributed by atoms with E-state index in [0.717, 1.165) is 0 Å². The zero-order valence-corrected chi connectivity index (χ0v) is 12.1. The number of nitrogen functional groups attached to an aromatic ring is 1. The van der Waals surface area contributed by atoms with E-state index in [-0.39, 0.29) is 12.2 Å². The molecular weight excluding hydrogens is 333 g/mol. The Labute approximate surface area is 123 Å². The average Bonchev–Trinajstić information content (AvgIpc) is 2.35. The SMILES string of the molecule is Nc1ccc(Br)c(C(=O)Cc2ccc(Cl)cc2F)c1. The zero-order chi connectivity index (χ0) is 14.0. The molecule has 0 aliphatic heterocycles. The highest BCUT2D eigenvalue weighted by atomic mass is 79.9. The minimum Gasteiger partial charge on any atom is -0.399 e. The van der Waals surface area contributed by atoms with Crippen molar-refractivity contribution in [2.45, 2.75) is 6.42 Å². The monoisotopic (exact) mass is 341 g/mol. The Balaban J connectivity index is 2.28. The van der Waals surface area contributed by atoms with Gasteiger partial charge in [-0.1, -0.05) is 33.6 Å². The van der Waals surface area contributed by atoms with Gasteiger partial charge in [-0.05, 0) is 35.9 Å². The van der Waals surface area contributed by atoms with Crippen LogP contribution in [-0.4, -0.2) is 5.78 Å². The van der Waals surface area contributed by atoms with Crippen LogP contribution in [0.4, 0.5) is 10.1 Å². The number of benzene rings is 2.